The molecular formula is C19H22N2O2. The maximum absolute atomic E-state index is 11.9. The van der Waals surface area contributed by atoms with Crippen LogP contribution in [0.25, 0.3) is 0 Å². The Kier molecular flexibility index (Phi) is 5.25. The van der Waals surface area contributed by atoms with Crippen molar-refractivity contribution in [2.45, 2.75) is 38.2 Å². The van der Waals surface area contributed by atoms with Gasteiger partial charge >= 0.3 is 0 Å². The van der Waals surface area contributed by atoms with Gasteiger partial charge in [0.2, 0.25) is 0 Å². The summed E-state index contributed by atoms with van der Waals surface area (Å²) < 4.78 is 5.96. The Labute approximate surface area is 136 Å². The van der Waals surface area contributed by atoms with Gasteiger partial charge < -0.3 is 10.1 Å². The molecule has 0 bridgehead atoms. The van der Waals surface area contributed by atoms with Crippen LogP contribution in [-0.4, -0.2) is 23.5 Å². The predicted molar refractivity (Wildman–Crippen MR) is 89.6 cm³/mol. The van der Waals surface area contributed by atoms with Crippen molar-refractivity contribution in [1.82, 2.24) is 10.3 Å². The summed E-state index contributed by atoms with van der Waals surface area (Å²) in [7, 11) is 0. The van der Waals surface area contributed by atoms with E-state index in [9.17, 15) is 4.79 Å². The van der Waals surface area contributed by atoms with E-state index in [0.29, 0.717) is 18.2 Å². The number of nitrogens with one attached hydrogen (secondary N) is 1. The zero-order valence-corrected chi connectivity index (χ0v) is 13.2. The third kappa shape index (κ3) is 4.55. The van der Waals surface area contributed by atoms with Gasteiger partial charge in [-0.15, -0.1) is 0 Å². The van der Waals surface area contributed by atoms with Crippen LogP contribution in [0.3, 0.4) is 0 Å². The molecule has 0 aliphatic heterocycles. The van der Waals surface area contributed by atoms with E-state index in [0.717, 1.165) is 12.2 Å². The van der Waals surface area contributed by atoms with Gasteiger partial charge in [-0.2, -0.15) is 0 Å². The van der Waals surface area contributed by atoms with Crippen LogP contribution < -0.4 is 10.1 Å². The molecule has 1 heterocycles. The zero-order valence-electron chi connectivity index (χ0n) is 13.2. The maximum atomic E-state index is 11.9. The number of hydrogen-bond acceptors (Lipinski definition) is 3. The maximum Gasteiger partial charge on any atom is 0.251 e. The summed E-state index contributed by atoms with van der Waals surface area (Å²) >= 11 is 0. The number of carbonyl (C=O) groups is 1. The quantitative estimate of drug-likeness (QED) is 0.890. The van der Waals surface area contributed by atoms with E-state index in [1.165, 1.54) is 31.2 Å². The first-order valence-electron chi connectivity index (χ1n) is 8.25. The monoisotopic (exact) mass is 310 g/mol. The van der Waals surface area contributed by atoms with Gasteiger partial charge in [0.1, 0.15) is 5.75 Å². The fourth-order valence-electron chi connectivity index (χ4n) is 2.86. The van der Waals surface area contributed by atoms with Crippen molar-refractivity contribution in [2.24, 2.45) is 0 Å². The minimum absolute atomic E-state index is 0.0615. The molecular weight excluding hydrogens is 288 g/mol. The SMILES string of the molecule is O=C(NCCc1ccc(OC2CCCC2)cc1)c1ccncc1. The Balaban J connectivity index is 1.44. The number of hydrogen-bond donors (Lipinski definition) is 1. The van der Waals surface area contributed by atoms with Gasteiger partial charge in [0, 0.05) is 24.5 Å². The molecule has 1 fully saturated rings. The van der Waals surface area contributed by atoms with Gasteiger partial charge in [-0.25, -0.2) is 0 Å². The van der Waals surface area contributed by atoms with E-state index in [4.69, 9.17) is 4.74 Å². The predicted octanol–water partition coefficient (Wildman–Crippen LogP) is 3.38. The standard InChI is InChI=1S/C19H22N2O2/c22-19(16-10-12-20-13-11-16)21-14-9-15-5-7-18(8-6-15)23-17-3-1-2-4-17/h5-8,10-13,17H,1-4,9,14H2,(H,21,22). The molecule has 0 atom stereocenters. The third-order valence-corrected chi connectivity index (χ3v) is 4.17. The van der Waals surface area contributed by atoms with Crippen LogP contribution in [-0.2, 0) is 6.42 Å². The highest BCUT2D eigenvalue weighted by atomic mass is 16.5. The average molecular weight is 310 g/mol. The van der Waals surface area contributed by atoms with Crippen LogP contribution in [0.15, 0.2) is 48.8 Å². The fourth-order valence-corrected chi connectivity index (χ4v) is 2.86. The van der Waals surface area contributed by atoms with Gasteiger partial charge in [-0.1, -0.05) is 12.1 Å². The molecule has 1 aromatic carbocycles. The van der Waals surface area contributed by atoms with Gasteiger partial charge in [-0.05, 0) is 61.9 Å². The zero-order chi connectivity index (χ0) is 15.9. The molecule has 0 saturated heterocycles. The normalized spacial score (nSPS) is 14.6. The summed E-state index contributed by atoms with van der Waals surface area (Å²) in [6, 6.07) is 11.6. The molecule has 4 nitrogen and oxygen atoms in total. The molecule has 0 spiro atoms. The minimum atomic E-state index is -0.0615. The van der Waals surface area contributed by atoms with Crippen molar-refractivity contribution in [3.8, 4) is 5.75 Å². The summed E-state index contributed by atoms with van der Waals surface area (Å²) in [5, 5.41) is 2.92. The molecule has 23 heavy (non-hydrogen) atoms. The van der Waals surface area contributed by atoms with Crippen molar-refractivity contribution >= 4 is 5.91 Å². The second-order valence-corrected chi connectivity index (χ2v) is 5.91. The van der Waals surface area contributed by atoms with Crippen LogP contribution in [0.1, 0.15) is 41.6 Å². The van der Waals surface area contributed by atoms with Crippen LogP contribution in [0.4, 0.5) is 0 Å². The van der Waals surface area contributed by atoms with Gasteiger partial charge in [-0.3, -0.25) is 9.78 Å². The lowest BCUT2D eigenvalue weighted by atomic mass is 10.1. The smallest absolute Gasteiger partial charge is 0.251 e. The summed E-state index contributed by atoms with van der Waals surface area (Å²) in [5.74, 6) is 0.884. The molecule has 120 valence electrons. The molecule has 1 aliphatic rings. The van der Waals surface area contributed by atoms with Gasteiger partial charge in [0.25, 0.3) is 5.91 Å². The first kappa shape index (κ1) is 15.5. The van der Waals surface area contributed by atoms with Crippen molar-refractivity contribution in [3.63, 3.8) is 0 Å². The molecule has 1 saturated carbocycles. The second-order valence-electron chi connectivity index (χ2n) is 5.91. The molecule has 1 aromatic heterocycles. The Bertz CT molecular complexity index is 620. The van der Waals surface area contributed by atoms with Crippen LogP contribution in [0.5, 0.6) is 5.75 Å². The number of aromatic nitrogens is 1. The summed E-state index contributed by atoms with van der Waals surface area (Å²) in [4.78, 5) is 15.8. The highest BCUT2D eigenvalue weighted by Gasteiger charge is 2.16. The van der Waals surface area contributed by atoms with Crippen LogP contribution in [0.2, 0.25) is 0 Å². The lowest BCUT2D eigenvalue weighted by Gasteiger charge is -2.13. The first-order chi connectivity index (χ1) is 11.3. The molecule has 2 aromatic rings. The van der Waals surface area contributed by atoms with E-state index in [2.05, 4.69) is 22.4 Å². The second kappa shape index (κ2) is 7.77. The number of ether oxygens (including phenoxy) is 1. The highest BCUT2D eigenvalue weighted by Crippen LogP contribution is 2.24. The highest BCUT2D eigenvalue weighted by molar-refractivity contribution is 5.93. The van der Waals surface area contributed by atoms with Crippen LogP contribution >= 0.6 is 0 Å². The van der Waals surface area contributed by atoms with E-state index >= 15 is 0 Å². The minimum Gasteiger partial charge on any atom is -0.490 e. The number of carbonyl (C=O) groups excluding carboxylic acids is 1. The lowest BCUT2D eigenvalue weighted by Crippen LogP contribution is -2.25. The summed E-state index contributed by atoms with van der Waals surface area (Å²) in [6.45, 7) is 0.615. The number of rotatable bonds is 6. The van der Waals surface area contributed by atoms with Gasteiger partial charge in [0.05, 0.1) is 6.10 Å². The molecule has 3 rings (SSSR count). The number of benzene rings is 1. The van der Waals surface area contributed by atoms with E-state index < -0.39 is 0 Å². The summed E-state index contributed by atoms with van der Waals surface area (Å²) in [5.41, 5.74) is 1.83. The molecule has 1 N–H and O–H groups in total. The van der Waals surface area contributed by atoms with Crippen molar-refractivity contribution in [3.05, 3.63) is 59.9 Å². The first-order valence-corrected chi connectivity index (χ1v) is 8.25. The van der Waals surface area contributed by atoms with Crippen molar-refractivity contribution in [2.75, 3.05) is 6.54 Å². The Morgan fingerprint density at radius 3 is 2.48 bits per heavy atom. The largest absolute Gasteiger partial charge is 0.490 e. The summed E-state index contributed by atoms with van der Waals surface area (Å²) in [6.07, 6.45) is 9.34. The topological polar surface area (TPSA) is 51.2 Å². The van der Waals surface area contributed by atoms with E-state index in [-0.39, 0.29) is 5.91 Å². The van der Waals surface area contributed by atoms with Crippen molar-refractivity contribution in [1.29, 1.82) is 0 Å². The third-order valence-electron chi connectivity index (χ3n) is 4.17. The number of nitrogens with zero attached hydrogens (tertiary/aromatic N) is 1. The lowest BCUT2D eigenvalue weighted by molar-refractivity contribution is 0.0954. The van der Waals surface area contributed by atoms with Crippen LogP contribution in [0, 0.1) is 0 Å². The van der Waals surface area contributed by atoms with E-state index in [1.54, 1.807) is 24.5 Å². The average Bonchev–Trinajstić information content (AvgIpc) is 3.10. The molecule has 0 radical (unpaired) electrons. The van der Waals surface area contributed by atoms with Crippen molar-refractivity contribution < 1.29 is 9.53 Å². The molecule has 0 unspecified atom stereocenters. The number of amides is 1. The van der Waals surface area contributed by atoms with Gasteiger partial charge in [0.15, 0.2) is 0 Å². The number of pyridine rings is 1. The Morgan fingerprint density at radius 1 is 1.09 bits per heavy atom. The Morgan fingerprint density at radius 2 is 1.78 bits per heavy atom. The fraction of sp³-hybridized carbons (Fsp3) is 0.368. The van der Waals surface area contributed by atoms with E-state index in [1.807, 2.05) is 12.1 Å². The molecule has 4 heteroatoms. The molecule has 1 amide bonds. The Hall–Kier alpha value is -2.36. The molecule has 1 aliphatic carbocycles.